The van der Waals surface area contributed by atoms with Gasteiger partial charge in [-0.25, -0.2) is 8.78 Å². The van der Waals surface area contributed by atoms with E-state index in [1.165, 1.54) is 23.5 Å². The van der Waals surface area contributed by atoms with Crippen LogP contribution in [0, 0.1) is 11.6 Å². The van der Waals surface area contributed by atoms with Crippen LogP contribution in [0.2, 0.25) is 0 Å². The van der Waals surface area contributed by atoms with Crippen LogP contribution in [0.1, 0.15) is 17.4 Å². The van der Waals surface area contributed by atoms with Crippen LogP contribution in [0.15, 0.2) is 35.7 Å². The SMILES string of the molecule is CC(O)(Cc1cccc(F)c1F)c1cccs1. The van der Waals surface area contributed by atoms with E-state index in [0.29, 0.717) is 0 Å². The van der Waals surface area contributed by atoms with Crippen LogP contribution in [0.25, 0.3) is 0 Å². The van der Waals surface area contributed by atoms with Crippen molar-refractivity contribution >= 4 is 11.3 Å². The molecule has 17 heavy (non-hydrogen) atoms. The largest absolute Gasteiger partial charge is 0.384 e. The minimum absolute atomic E-state index is 0.0527. The molecule has 4 heteroatoms. The third-order valence-electron chi connectivity index (χ3n) is 2.62. The molecule has 0 aliphatic heterocycles. The molecule has 1 N–H and O–H groups in total. The van der Waals surface area contributed by atoms with Crippen LogP contribution < -0.4 is 0 Å². The van der Waals surface area contributed by atoms with Gasteiger partial charge in [-0.15, -0.1) is 11.3 Å². The molecule has 1 aromatic heterocycles. The smallest absolute Gasteiger partial charge is 0.162 e. The van der Waals surface area contributed by atoms with Crippen molar-refractivity contribution in [3.8, 4) is 0 Å². The van der Waals surface area contributed by atoms with Gasteiger partial charge < -0.3 is 5.11 Å². The van der Waals surface area contributed by atoms with Gasteiger partial charge in [0.15, 0.2) is 11.6 Å². The standard InChI is InChI=1S/C13H12F2OS/c1-13(16,11-6-3-7-17-11)8-9-4-2-5-10(14)12(9)15/h2-7,16H,8H2,1H3. The highest BCUT2D eigenvalue weighted by Crippen LogP contribution is 2.30. The molecule has 1 aromatic carbocycles. The Morgan fingerprint density at radius 1 is 1.24 bits per heavy atom. The summed E-state index contributed by atoms with van der Waals surface area (Å²) in [4.78, 5) is 0.737. The first-order valence-electron chi connectivity index (χ1n) is 5.20. The van der Waals surface area contributed by atoms with E-state index in [-0.39, 0.29) is 12.0 Å². The van der Waals surface area contributed by atoms with E-state index in [9.17, 15) is 13.9 Å². The lowest BCUT2D eigenvalue weighted by atomic mass is 9.94. The van der Waals surface area contributed by atoms with Crippen LogP contribution in [0.4, 0.5) is 8.78 Å². The first-order valence-corrected chi connectivity index (χ1v) is 6.08. The number of thiophene rings is 1. The number of benzene rings is 1. The molecule has 0 bridgehead atoms. The first-order chi connectivity index (χ1) is 8.00. The van der Waals surface area contributed by atoms with Gasteiger partial charge in [-0.1, -0.05) is 18.2 Å². The van der Waals surface area contributed by atoms with Crippen molar-refractivity contribution in [2.75, 3.05) is 0 Å². The molecule has 1 heterocycles. The molecule has 1 nitrogen and oxygen atoms in total. The van der Waals surface area contributed by atoms with Crippen molar-refractivity contribution in [2.24, 2.45) is 0 Å². The summed E-state index contributed by atoms with van der Waals surface area (Å²) in [6.07, 6.45) is 0.0527. The van der Waals surface area contributed by atoms with E-state index < -0.39 is 17.2 Å². The van der Waals surface area contributed by atoms with Crippen LogP contribution in [0.5, 0.6) is 0 Å². The van der Waals surface area contributed by atoms with Crippen molar-refractivity contribution < 1.29 is 13.9 Å². The molecular formula is C13H12F2OS. The predicted molar refractivity (Wildman–Crippen MR) is 64.0 cm³/mol. The number of rotatable bonds is 3. The Bertz CT molecular complexity index is 506. The molecule has 2 rings (SSSR count). The molecule has 1 unspecified atom stereocenters. The summed E-state index contributed by atoms with van der Waals surface area (Å²) in [7, 11) is 0. The van der Waals surface area contributed by atoms with Gasteiger partial charge in [0.2, 0.25) is 0 Å². The van der Waals surface area contributed by atoms with Crippen molar-refractivity contribution in [2.45, 2.75) is 18.9 Å². The quantitative estimate of drug-likeness (QED) is 0.889. The zero-order valence-corrected chi connectivity index (χ0v) is 10.1. The highest BCUT2D eigenvalue weighted by atomic mass is 32.1. The van der Waals surface area contributed by atoms with Gasteiger partial charge in [0, 0.05) is 11.3 Å². The average molecular weight is 254 g/mol. The molecule has 0 spiro atoms. The molecule has 0 radical (unpaired) electrons. The maximum Gasteiger partial charge on any atom is 0.162 e. The summed E-state index contributed by atoms with van der Waals surface area (Å²) < 4.78 is 26.5. The lowest BCUT2D eigenvalue weighted by Gasteiger charge is -2.22. The molecule has 0 fully saturated rings. The number of aliphatic hydroxyl groups is 1. The number of halogens is 2. The molecular weight excluding hydrogens is 242 g/mol. The van der Waals surface area contributed by atoms with Crippen molar-refractivity contribution in [1.29, 1.82) is 0 Å². The van der Waals surface area contributed by atoms with Gasteiger partial charge in [-0.2, -0.15) is 0 Å². The molecule has 0 saturated carbocycles. The van der Waals surface area contributed by atoms with E-state index in [1.807, 2.05) is 11.4 Å². The van der Waals surface area contributed by atoms with Gasteiger partial charge >= 0.3 is 0 Å². The molecule has 0 aliphatic carbocycles. The normalized spacial score (nSPS) is 14.6. The third kappa shape index (κ3) is 2.53. The van der Waals surface area contributed by atoms with Gasteiger partial charge in [-0.3, -0.25) is 0 Å². The average Bonchev–Trinajstić information content (AvgIpc) is 2.78. The van der Waals surface area contributed by atoms with Gasteiger partial charge in [0.05, 0.1) is 0 Å². The fourth-order valence-corrected chi connectivity index (χ4v) is 2.51. The molecule has 0 aliphatic rings. The van der Waals surface area contributed by atoms with Crippen LogP contribution in [-0.4, -0.2) is 5.11 Å². The van der Waals surface area contributed by atoms with Crippen molar-refractivity contribution in [1.82, 2.24) is 0 Å². The fourth-order valence-electron chi connectivity index (χ4n) is 1.73. The van der Waals surface area contributed by atoms with Gasteiger partial charge in [0.25, 0.3) is 0 Å². The topological polar surface area (TPSA) is 20.2 Å². The first kappa shape index (κ1) is 12.2. The zero-order valence-electron chi connectivity index (χ0n) is 9.28. The minimum Gasteiger partial charge on any atom is -0.384 e. The Balaban J connectivity index is 2.29. The second-order valence-electron chi connectivity index (χ2n) is 4.14. The predicted octanol–water partition coefficient (Wildman–Crippen LogP) is 3.48. The van der Waals surface area contributed by atoms with E-state index in [2.05, 4.69) is 0 Å². The van der Waals surface area contributed by atoms with E-state index in [1.54, 1.807) is 13.0 Å². The maximum absolute atomic E-state index is 13.5. The summed E-state index contributed by atoms with van der Waals surface area (Å²) in [6.45, 7) is 1.60. The highest BCUT2D eigenvalue weighted by molar-refractivity contribution is 7.10. The Hall–Kier alpha value is -1.26. The number of hydrogen-bond acceptors (Lipinski definition) is 2. The van der Waals surface area contributed by atoms with E-state index in [0.717, 1.165) is 10.9 Å². The highest BCUT2D eigenvalue weighted by Gasteiger charge is 2.26. The lowest BCUT2D eigenvalue weighted by Crippen LogP contribution is -2.23. The molecule has 2 aromatic rings. The lowest BCUT2D eigenvalue weighted by molar-refractivity contribution is 0.0604. The van der Waals surface area contributed by atoms with Crippen molar-refractivity contribution in [3.05, 3.63) is 57.8 Å². The monoisotopic (exact) mass is 254 g/mol. The Labute approximate surface area is 102 Å². The Kier molecular flexibility index (Phi) is 3.26. The minimum atomic E-state index is -1.18. The van der Waals surface area contributed by atoms with E-state index in [4.69, 9.17) is 0 Å². The summed E-state index contributed by atoms with van der Waals surface area (Å²) in [5.41, 5.74) is -0.994. The van der Waals surface area contributed by atoms with Crippen LogP contribution in [0.3, 0.4) is 0 Å². The summed E-state index contributed by atoms with van der Waals surface area (Å²) >= 11 is 1.39. The molecule has 90 valence electrons. The molecule has 1 atom stereocenters. The Morgan fingerprint density at radius 3 is 2.65 bits per heavy atom. The fraction of sp³-hybridized carbons (Fsp3) is 0.231. The zero-order chi connectivity index (χ0) is 12.5. The van der Waals surface area contributed by atoms with Gasteiger partial charge in [-0.05, 0) is 30.0 Å². The molecule has 0 amide bonds. The summed E-state index contributed by atoms with van der Waals surface area (Å²) in [5, 5.41) is 12.1. The van der Waals surface area contributed by atoms with Crippen molar-refractivity contribution in [3.63, 3.8) is 0 Å². The van der Waals surface area contributed by atoms with Crippen LogP contribution >= 0.6 is 11.3 Å². The van der Waals surface area contributed by atoms with E-state index >= 15 is 0 Å². The summed E-state index contributed by atoms with van der Waals surface area (Å²) in [5.74, 6) is -1.77. The maximum atomic E-state index is 13.5. The number of hydrogen-bond donors (Lipinski definition) is 1. The van der Waals surface area contributed by atoms with Crippen LogP contribution in [-0.2, 0) is 12.0 Å². The second-order valence-corrected chi connectivity index (χ2v) is 5.09. The Morgan fingerprint density at radius 2 is 2.00 bits per heavy atom. The second kappa shape index (κ2) is 4.55. The van der Waals surface area contributed by atoms with Gasteiger partial charge in [0.1, 0.15) is 5.60 Å². The molecule has 0 saturated heterocycles. The third-order valence-corrected chi connectivity index (χ3v) is 3.74. The summed E-state index contributed by atoms with van der Waals surface area (Å²) in [6, 6.07) is 7.59.